The molecule has 1 aliphatic heterocycles. The third-order valence-corrected chi connectivity index (χ3v) is 8.53. The van der Waals surface area contributed by atoms with Gasteiger partial charge in [0.05, 0.1) is 23.4 Å². The van der Waals surface area contributed by atoms with Gasteiger partial charge in [-0.1, -0.05) is 35.1 Å². The summed E-state index contributed by atoms with van der Waals surface area (Å²) >= 11 is 3.46. The van der Waals surface area contributed by atoms with Gasteiger partial charge in [-0.25, -0.2) is 4.98 Å². The second-order valence-electron chi connectivity index (χ2n) is 8.97. The monoisotopic (exact) mass is 497 g/mol. The number of nitrogens with zero attached hydrogens (tertiary/aromatic N) is 3. The van der Waals surface area contributed by atoms with Crippen LogP contribution in [0.25, 0.3) is 10.2 Å². The fraction of sp³-hybridized carbons (Fsp3) is 0.481. The van der Waals surface area contributed by atoms with Gasteiger partial charge in [0, 0.05) is 37.5 Å². The van der Waals surface area contributed by atoms with Gasteiger partial charge < -0.3 is 4.74 Å². The standard InChI is InChI=1S/C27H35N3O2S2/c1-20-7-10-23(11-8-20)33-19-4-6-25(31)30(14-5-13-29-15-17-32-18-16-29)27-28-26-22(3)21(2)9-12-24(26)34-27/h7-12H,4-6,13-19H2,1-3H3. The summed E-state index contributed by atoms with van der Waals surface area (Å²) in [5.41, 5.74) is 4.74. The first-order valence-electron chi connectivity index (χ1n) is 12.2. The molecule has 0 radical (unpaired) electrons. The minimum atomic E-state index is 0.180. The first-order valence-corrected chi connectivity index (χ1v) is 14.0. The number of hydrogen-bond acceptors (Lipinski definition) is 6. The molecular weight excluding hydrogens is 462 g/mol. The molecule has 0 aliphatic carbocycles. The number of carbonyl (C=O) groups is 1. The zero-order valence-corrected chi connectivity index (χ0v) is 22.1. The van der Waals surface area contributed by atoms with Gasteiger partial charge >= 0.3 is 0 Å². The zero-order chi connectivity index (χ0) is 23.9. The molecule has 4 rings (SSSR count). The molecule has 1 amide bonds. The van der Waals surface area contributed by atoms with Crippen LogP contribution in [0, 0.1) is 20.8 Å². The van der Waals surface area contributed by atoms with Crippen LogP contribution in [-0.4, -0.2) is 60.9 Å². The van der Waals surface area contributed by atoms with E-state index in [4.69, 9.17) is 9.72 Å². The highest BCUT2D eigenvalue weighted by Gasteiger charge is 2.21. The number of fused-ring (bicyclic) bond motifs is 1. The Morgan fingerprint density at radius 1 is 1.09 bits per heavy atom. The summed E-state index contributed by atoms with van der Waals surface area (Å²) in [6.07, 6.45) is 2.35. The predicted octanol–water partition coefficient (Wildman–Crippen LogP) is 5.85. The van der Waals surface area contributed by atoms with Gasteiger partial charge in [-0.15, -0.1) is 11.8 Å². The Hall–Kier alpha value is -1.93. The molecule has 0 bridgehead atoms. The van der Waals surface area contributed by atoms with Gasteiger partial charge in [-0.3, -0.25) is 14.6 Å². The number of carbonyl (C=O) groups excluding carboxylic acids is 1. The first-order chi connectivity index (χ1) is 16.5. The molecule has 1 saturated heterocycles. The van der Waals surface area contributed by atoms with Crippen LogP contribution in [0.15, 0.2) is 41.3 Å². The smallest absolute Gasteiger partial charge is 0.228 e. The van der Waals surface area contributed by atoms with E-state index in [0.717, 1.165) is 66.8 Å². The maximum absolute atomic E-state index is 13.4. The van der Waals surface area contributed by atoms with E-state index in [1.54, 1.807) is 11.3 Å². The summed E-state index contributed by atoms with van der Waals surface area (Å²) in [5, 5.41) is 0.835. The Morgan fingerprint density at radius 3 is 2.62 bits per heavy atom. The molecule has 2 heterocycles. The molecule has 1 aliphatic rings. The summed E-state index contributed by atoms with van der Waals surface area (Å²) < 4.78 is 6.62. The normalized spacial score (nSPS) is 14.6. The third-order valence-electron chi connectivity index (χ3n) is 6.39. The second kappa shape index (κ2) is 12.2. The van der Waals surface area contributed by atoms with Crippen molar-refractivity contribution >= 4 is 44.4 Å². The van der Waals surface area contributed by atoms with Crippen molar-refractivity contribution in [3.05, 3.63) is 53.1 Å². The summed E-state index contributed by atoms with van der Waals surface area (Å²) in [4.78, 5) is 23.9. The summed E-state index contributed by atoms with van der Waals surface area (Å²) in [7, 11) is 0. The van der Waals surface area contributed by atoms with E-state index in [0.29, 0.717) is 13.0 Å². The van der Waals surface area contributed by atoms with Crippen LogP contribution < -0.4 is 4.90 Å². The van der Waals surface area contributed by atoms with Gasteiger partial charge in [0.15, 0.2) is 5.13 Å². The Morgan fingerprint density at radius 2 is 1.85 bits per heavy atom. The number of rotatable bonds is 10. The Labute approximate surface area is 211 Å². The van der Waals surface area contributed by atoms with Crippen molar-refractivity contribution in [3.8, 4) is 0 Å². The average Bonchev–Trinajstić information content (AvgIpc) is 3.28. The van der Waals surface area contributed by atoms with Gasteiger partial charge in [-0.05, 0) is 68.7 Å². The van der Waals surface area contributed by atoms with Crippen LogP contribution >= 0.6 is 23.1 Å². The summed E-state index contributed by atoms with van der Waals surface area (Å²) in [5.74, 6) is 1.12. The van der Waals surface area contributed by atoms with Gasteiger partial charge in [-0.2, -0.15) is 0 Å². The quantitative estimate of drug-likeness (QED) is 0.260. The molecule has 1 aromatic heterocycles. The van der Waals surface area contributed by atoms with Crippen molar-refractivity contribution in [1.29, 1.82) is 0 Å². The van der Waals surface area contributed by atoms with Gasteiger partial charge in [0.25, 0.3) is 0 Å². The largest absolute Gasteiger partial charge is 0.379 e. The van der Waals surface area contributed by atoms with E-state index >= 15 is 0 Å². The lowest BCUT2D eigenvalue weighted by molar-refractivity contribution is -0.118. The van der Waals surface area contributed by atoms with Crippen LogP contribution in [0.5, 0.6) is 0 Å². The number of thioether (sulfide) groups is 1. The minimum Gasteiger partial charge on any atom is -0.379 e. The van der Waals surface area contributed by atoms with Crippen molar-refractivity contribution in [2.45, 2.75) is 44.9 Å². The molecule has 0 atom stereocenters. The Kier molecular flexibility index (Phi) is 9.00. The first kappa shape index (κ1) is 25.2. The molecule has 1 fully saturated rings. The second-order valence-corrected chi connectivity index (χ2v) is 11.1. The highest BCUT2D eigenvalue weighted by Crippen LogP contribution is 2.32. The van der Waals surface area contributed by atoms with Crippen molar-refractivity contribution in [1.82, 2.24) is 9.88 Å². The maximum Gasteiger partial charge on any atom is 0.228 e. The van der Waals surface area contributed by atoms with Crippen molar-refractivity contribution < 1.29 is 9.53 Å². The fourth-order valence-electron chi connectivity index (χ4n) is 4.12. The summed E-state index contributed by atoms with van der Waals surface area (Å²) in [6, 6.07) is 12.9. The molecular formula is C27H35N3O2S2. The number of aromatic nitrogens is 1. The molecule has 0 unspecified atom stereocenters. The number of thiazole rings is 1. The Bertz CT molecular complexity index is 1090. The lowest BCUT2D eigenvalue weighted by Crippen LogP contribution is -2.39. The molecule has 0 N–H and O–H groups in total. The molecule has 0 saturated carbocycles. The number of ether oxygens (including phenoxy) is 1. The van der Waals surface area contributed by atoms with E-state index in [1.165, 1.54) is 21.6 Å². The van der Waals surface area contributed by atoms with Crippen molar-refractivity contribution in [2.75, 3.05) is 50.0 Å². The molecule has 34 heavy (non-hydrogen) atoms. The fourth-order valence-corrected chi connectivity index (χ4v) is 6.04. The molecule has 7 heteroatoms. The maximum atomic E-state index is 13.4. The molecule has 2 aromatic carbocycles. The lowest BCUT2D eigenvalue weighted by Gasteiger charge is -2.27. The third kappa shape index (κ3) is 6.60. The van der Waals surface area contributed by atoms with Gasteiger partial charge in [0.1, 0.15) is 0 Å². The van der Waals surface area contributed by atoms with E-state index < -0.39 is 0 Å². The number of anilines is 1. The van der Waals surface area contributed by atoms with Crippen LogP contribution in [0.4, 0.5) is 5.13 Å². The number of hydrogen-bond donors (Lipinski definition) is 0. The van der Waals surface area contributed by atoms with Crippen LogP contribution in [0.3, 0.4) is 0 Å². The molecule has 5 nitrogen and oxygen atoms in total. The van der Waals surface area contributed by atoms with Crippen molar-refractivity contribution in [2.24, 2.45) is 0 Å². The number of amides is 1. The van der Waals surface area contributed by atoms with Crippen LogP contribution in [0.1, 0.15) is 36.0 Å². The van der Waals surface area contributed by atoms with Gasteiger partial charge in [0.2, 0.25) is 5.91 Å². The SMILES string of the molecule is Cc1ccc(SCCCC(=O)N(CCCN2CCOCC2)c2nc3c(C)c(C)ccc3s2)cc1. The molecule has 0 spiro atoms. The minimum absolute atomic E-state index is 0.180. The summed E-state index contributed by atoms with van der Waals surface area (Å²) in [6.45, 7) is 11.6. The number of aryl methyl sites for hydroxylation is 3. The highest BCUT2D eigenvalue weighted by atomic mass is 32.2. The molecule has 182 valence electrons. The number of benzene rings is 2. The van der Waals surface area contributed by atoms with E-state index in [9.17, 15) is 4.79 Å². The number of morpholine rings is 1. The predicted molar refractivity (Wildman–Crippen MR) is 144 cm³/mol. The van der Waals surface area contributed by atoms with Crippen LogP contribution in [0.2, 0.25) is 0 Å². The van der Waals surface area contributed by atoms with Crippen LogP contribution in [-0.2, 0) is 9.53 Å². The average molecular weight is 498 g/mol. The van der Waals surface area contributed by atoms with Crippen molar-refractivity contribution in [3.63, 3.8) is 0 Å². The molecule has 3 aromatic rings. The van der Waals surface area contributed by atoms with E-state index in [2.05, 4.69) is 62.1 Å². The highest BCUT2D eigenvalue weighted by molar-refractivity contribution is 7.99. The lowest BCUT2D eigenvalue weighted by atomic mass is 10.1. The zero-order valence-electron chi connectivity index (χ0n) is 20.5. The topological polar surface area (TPSA) is 45.7 Å². The van der Waals surface area contributed by atoms with E-state index in [1.807, 2.05) is 16.7 Å². The van der Waals surface area contributed by atoms with E-state index in [-0.39, 0.29) is 5.91 Å². The Balaban J connectivity index is 1.40.